The van der Waals surface area contributed by atoms with E-state index in [0.717, 1.165) is 25.7 Å². The van der Waals surface area contributed by atoms with E-state index in [1.54, 1.807) is 35.6 Å². The SMILES string of the molecule is CC(C)C[n+]1c(O)c(C(=O)NC2CC2)c(=O)n2[nH]cc(/C=C/C(=O)N3CCC(C(C)(C)O)CC3)c21. The van der Waals surface area contributed by atoms with Crippen LogP contribution in [0.2, 0.25) is 0 Å². The van der Waals surface area contributed by atoms with Crippen molar-refractivity contribution in [3.63, 3.8) is 0 Å². The van der Waals surface area contributed by atoms with Crippen LogP contribution in [0.5, 0.6) is 5.88 Å². The molecule has 10 nitrogen and oxygen atoms in total. The van der Waals surface area contributed by atoms with Gasteiger partial charge in [-0.3, -0.25) is 9.59 Å². The molecule has 2 aromatic rings. The maximum absolute atomic E-state index is 13.1. The average molecular weight is 487 g/mol. The summed E-state index contributed by atoms with van der Waals surface area (Å²) in [6.45, 7) is 9.06. The summed E-state index contributed by atoms with van der Waals surface area (Å²) in [6.07, 6.45) is 7.86. The molecule has 4 N–H and O–H groups in total. The van der Waals surface area contributed by atoms with E-state index in [-0.39, 0.29) is 35.2 Å². The first kappa shape index (κ1) is 25.0. The molecule has 1 saturated carbocycles. The number of hydrogen-bond acceptors (Lipinski definition) is 5. The van der Waals surface area contributed by atoms with Crippen LogP contribution in [0.25, 0.3) is 11.7 Å². The maximum atomic E-state index is 13.1. The van der Waals surface area contributed by atoms with Gasteiger partial charge in [-0.25, -0.2) is 9.89 Å². The number of fused-ring (bicyclic) bond motifs is 1. The van der Waals surface area contributed by atoms with E-state index in [1.807, 2.05) is 13.8 Å². The van der Waals surface area contributed by atoms with E-state index in [9.17, 15) is 24.6 Å². The standard InChI is InChI=1S/C25H35N5O5/c1-15(2)14-29-22-16(5-8-19(31)28-11-9-17(10-12-28)25(3,4)35)13-26-30(22)24(34)20(23(29)33)21(32)27-18-6-7-18/h5,8,13,15,17-18,35H,6-7,9-12,14H2,1-4H3,(H2,27,32,33,34)/p+1/b8-5+. The minimum Gasteiger partial charge on any atom is -0.477 e. The van der Waals surface area contributed by atoms with Crippen molar-refractivity contribution in [2.75, 3.05) is 13.1 Å². The van der Waals surface area contributed by atoms with Gasteiger partial charge in [0.25, 0.3) is 5.91 Å². The van der Waals surface area contributed by atoms with E-state index in [1.165, 1.54) is 10.6 Å². The Morgan fingerprint density at radius 1 is 1.26 bits per heavy atom. The van der Waals surface area contributed by atoms with Crippen molar-refractivity contribution >= 4 is 23.5 Å². The van der Waals surface area contributed by atoms with Gasteiger partial charge in [-0.05, 0) is 57.4 Å². The lowest BCUT2D eigenvalue weighted by Gasteiger charge is -2.37. The van der Waals surface area contributed by atoms with Crippen LogP contribution in [0.4, 0.5) is 0 Å². The fraction of sp³-hybridized carbons (Fsp3) is 0.600. The lowest BCUT2D eigenvalue weighted by molar-refractivity contribution is -0.686. The van der Waals surface area contributed by atoms with E-state index in [4.69, 9.17) is 0 Å². The predicted octanol–water partition coefficient (Wildman–Crippen LogP) is 1.19. The third-order valence-electron chi connectivity index (χ3n) is 6.87. The van der Waals surface area contributed by atoms with Crippen LogP contribution in [0, 0.1) is 11.8 Å². The van der Waals surface area contributed by atoms with E-state index in [0.29, 0.717) is 30.8 Å². The highest BCUT2D eigenvalue weighted by Gasteiger charge is 2.35. The van der Waals surface area contributed by atoms with Gasteiger partial charge in [0.05, 0.1) is 23.9 Å². The number of rotatable bonds is 7. The molecule has 0 radical (unpaired) electrons. The lowest BCUT2D eigenvalue weighted by atomic mass is 9.83. The normalized spacial score (nSPS) is 17.6. The number of aliphatic hydroxyl groups is 1. The minimum absolute atomic E-state index is 0.0437. The Morgan fingerprint density at radius 3 is 2.49 bits per heavy atom. The first-order valence-electron chi connectivity index (χ1n) is 12.4. The Bertz CT molecular complexity index is 1210. The quantitative estimate of drug-likeness (QED) is 0.345. The molecule has 2 aromatic heterocycles. The highest BCUT2D eigenvalue weighted by atomic mass is 16.3. The largest absolute Gasteiger partial charge is 0.477 e. The number of aromatic hydroxyl groups is 1. The molecule has 0 bridgehead atoms. The molecule has 0 atom stereocenters. The Labute approximate surface area is 204 Å². The van der Waals surface area contributed by atoms with Gasteiger partial charge in [0.15, 0.2) is 0 Å². The molecule has 1 aliphatic carbocycles. The van der Waals surface area contributed by atoms with Crippen LogP contribution in [0.15, 0.2) is 17.1 Å². The van der Waals surface area contributed by atoms with Crippen LogP contribution < -0.4 is 15.4 Å². The number of hydrogen-bond donors (Lipinski definition) is 4. The molecule has 1 saturated heterocycles. The maximum Gasteiger partial charge on any atom is 0.378 e. The van der Waals surface area contributed by atoms with Gasteiger partial charge in [-0.15, -0.1) is 0 Å². The topological polar surface area (TPSA) is 131 Å². The van der Waals surface area contributed by atoms with Crippen molar-refractivity contribution in [1.82, 2.24) is 19.8 Å². The van der Waals surface area contributed by atoms with Crippen molar-refractivity contribution in [3.05, 3.63) is 33.8 Å². The monoisotopic (exact) mass is 486 g/mol. The van der Waals surface area contributed by atoms with Crippen LogP contribution >= 0.6 is 0 Å². The third kappa shape index (κ3) is 5.27. The molecule has 10 heteroatoms. The Morgan fingerprint density at radius 2 is 1.91 bits per heavy atom. The van der Waals surface area contributed by atoms with Gasteiger partial charge < -0.3 is 20.4 Å². The second kappa shape index (κ2) is 9.49. The molecule has 2 aliphatic rings. The van der Waals surface area contributed by atoms with Gasteiger partial charge in [-0.1, -0.05) is 18.4 Å². The highest BCUT2D eigenvalue weighted by molar-refractivity contribution is 5.96. The fourth-order valence-corrected chi connectivity index (χ4v) is 4.68. The summed E-state index contributed by atoms with van der Waals surface area (Å²) in [7, 11) is 0. The lowest BCUT2D eigenvalue weighted by Crippen LogP contribution is -2.46. The number of aromatic nitrogens is 3. The molecular formula is C25H36N5O5+. The van der Waals surface area contributed by atoms with Gasteiger partial charge in [0.2, 0.25) is 11.5 Å². The van der Waals surface area contributed by atoms with Crippen molar-refractivity contribution in [1.29, 1.82) is 0 Å². The number of H-pyrrole nitrogens is 1. The fourth-order valence-electron chi connectivity index (χ4n) is 4.68. The average Bonchev–Trinajstić information content (AvgIpc) is 3.49. The molecule has 0 spiro atoms. The second-order valence-corrected chi connectivity index (χ2v) is 10.7. The van der Waals surface area contributed by atoms with E-state index < -0.39 is 17.1 Å². The number of carbonyl (C=O) groups is 2. The molecule has 35 heavy (non-hydrogen) atoms. The number of piperidine rings is 1. The summed E-state index contributed by atoms with van der Waals surface area (Å²) in [6, 6.07) is 0.0437. The molecule has 2 fully saturated rings. The minimum atomic E-state index is -0.761. The predicted molar refractivity (Wildman–Crippen MR) is 130 cm³/mol. The first-order valence-corrected chi connectivity index (χ1v) is 12.4. The summed E-state index contributed by atoms with van der Waals surface area (Å²) >= 11 is 0. The number of aromatic amines is 1. The van der Waals surface area contributed by atoms with E-state index in [2.05, 4.69) is 10.4 Å². The summed E-state index contributed by atoms with van der Waals surface area (Å²) in [4.78, 5) is 40.4. The van der Waals surface area contributed by atoms with Crippen molar-refractivity contribution < 1.29 is 24.4 Å². The van der Waals surface area contributed by atoms with E-state index >= 15 is 0 Å². The van der Waals surface area contributed by atoms with Crippen molar-refractivity contribution in [3.8, 4) is 5.88 Å². The van der Waals surface area contributed by atoms with Crippen molar-refractivity contribution in [2.45, 2.75) is 71.6 Å². The van der Waals surface area contributed by atoms with Crippen LogP contribution in [0.3, 0.4) is 0 Å². The third-order valence-corrected chi connectivity index (χ3v) is 6.87. The summed E-state index contributed by atoms with van der Waals surface area (Å²) in [5, 5.41) is 26.9. The number of nitrogens with one attached hydrogen (secondary N) is 2. The molecule has 2 amide bonds. The molecule has 4 rings (SSSR count). The van der Waals surface area contributed by atoms with Crippen LogP contribution in [-0.4, -0.2) is 61.3 Å². The van der Waals surface area contributed by atoms with Gasteiger partial charge in [-0.2, -0.15) is 4.57 Å². The number of likely N-dealkylation sites (tertiary alicyclic amines) is 1. The molecule has 1 aliphatic heterocycles. The Kier molecular flexibility index (Phi) is 6.77. The summed E-state index contributed by atoms with van der Waals surface area (Å²) in [5.74, 6) is -0.840. The summed E-state index contributed by atoms with van der Waals surface area (Å²) < 4.78 is 2.78. The smallest absolute Gasteiger partial charge is 0.378 e. The molecule has 3 heterocycles. The summed E-state index contributed by atoms with van der Waals surface area (Å²) in [5.41, 5.74) is -0.766. The van der Waals surface area contributed by atoms with Gasteiger partial charge in [0, 0.05) is 25.2 Å². The van der Waals surface area contributed by atoms with Crippen molar-refractivity contribution in [2.24, 2.45) is 11.8 Å². The number of amides is 2. The van der Waals surface area contributed by atoms with Gasteiger partial charge >= 0.3 is 17.1 Å². The molecular weight excluding hydrogens is 450 g/mol. The first-order chi connectivity index (χ1) is 16.5. The van der Waals surface area contributed by atoms with Crippen LogP contribution in [-0.2, 0) is 11.3 Å². The van der Waals surface area contributed by atoms with Gasteiger partial charge in [0.1, 0.15) is 0 Å². The zero-order valence-electron chi connectivity index (χ0n) is 20.9. The number of nitrogens with zero attached hydrogens (tertiary/aromatic N) is 3. The Balaban J connectivity index is 1.63. The zero-order chi connectivity index (χ0) is 25.5. The van der Waals surface area contributed by atoms with Crippen LogP contribution in [0.1, 0.15) is 69.3 Å². The zero-order valence-corrected chi connectivity index (χ0v) is 20.9. The molecule has 0 unspecified atom stereocenters. The molecule has 0 aromatic carbocycles. The Hall–Kier alpha value is -3.14. The highest BCUT2D eigenvalue weighted by Crippen LogP contribution is 2.28. The molecule has 190 valence electrons. The number of carbonyl (C=O) groups excluding carboxylic acids is 2. The second-order valence-electron chi connectivity index (χ2n) is 10.7.